The van der Waals surface area contributed by atoms with Gasteiger partial charge in [-0.05, 0) is 31.5 Å². The van der Waals surface area contributed by atoms with Crippen LogP contribution in [0.1, 0.15) is 31.0 Å². The van der Waals surface area contributed by atoms with E-state index in [9.17, 15) is 0 Å². The summed E-state index contributed by atoms with van der Waals surface area (Å²) in [4.78, 5) is 0. The highest BCUT2D eigenvalue weighted by molar-refractivity contribution is 9.10. The summed E-state index contributed by atoms with van der Waals surface area (Å²) in [7, 11) is 0. The molecule has 104 valence electrons. The Bertz CT molecular complexity index is 624. The van der Waals surface area contributed by atoms with Gasteiger partial charge in [-0.15, -0.1) is 0 Å². The lowest BCUT2D eigenvalue weighted by molar-refractivity contribution is 0.0958. The predicted molar refractivity (Wildman–Crippen MR) is 84.9 cm³/mol. The van der Waals surface area contributed by atoms with E-state index in [4.69, 9.17) is 4.74 Å². The van der Waals surface area contributed by atoms with Crippen LogP contribution < -0.4 is 10.1 Å². The van der Waals surface area contributed by atoms with E-state index in [1.54, 1.807) is 0 Å². The van der Waals surface area contributed by atoms with Crippen molar-refractivity contribution in [3.05, 3.63) is 64.1 Å². The zero-order valence-corrected chi connectivity index (χ0v) is 13.3. The van der Waals surface area contributed by atoms with E-state index in [-0.39, 0.29) is 11.6 Å². The first-order valence-corrected chi connectivity index (χ1v) is 7.62. The van der Waals surface area contributed by atoms with Crippen molar-refractivity contribution in [3.8, 4) is 5.75 Å². The van der Waals surface area contributed by atoms with E-state index in [1.807, 2.05) is 18.2 Å². The van der Waals surface area contributed by atoms with Crippen LogP contribution in [-0.4, -0.2) is 5.60 Å². The Hall–Kier alpha value is -1.32. The van der Waals surface area contributed by atoms with E-state index in [0.29, 0.717) is 0 Å². The van der Waals surface area contributed by atoms with Crippen molar-refractivity contribution in [2.24, 2.45) is 0 Å². The Morgan fingerprint density at radius 2 is 1.80 bits per heavy atom. The van der Waals surface area contributed by atoms with Gasteiger partial charge in [0, 0.05) is 16.6 Å². The lowest BCUT2D eigenvalue weighted by atomic mass is 9.94. The summed E-state index contributed by atoms with van der Waals surface area (Å²) in [5.74, 6) is 0.988. The molecular formula is C17H18BrNO. The highest BCUT2D eigenvalue weighted by Crippen LogP contribution is 2.42. The Balaban J connectivity index is 1.82. The highest BCUT2D eigenvalue weighted by atomic mass is 79.9. The van der Waals surface area contributed by atoms with Crippen molar-refractivity contribution < 1.29 is 4.74 Å². The largest absolute Gasteiger partial charge is 0.486 e. The fourth-order valence-corrected chi connectivity index (χ4v) is 3.16. The summed E-state index contributed by atoms with van der Waals surface area (Å²) in [6.07, 6.45) is 0. The minimum Gasteiger partial charge on any atom is -0.486 e. The number of halogens is 1. The SMILES string of the molecule is CC1(C)Oc2ccccc2C1NCc1ccccc1Br. The third-order valence-corrected chi connectivity index (χ3v) is 4.53. The first kappa shape index (κ1) is 13.7. The van der Waals surface area contributed by atoms with Crippen molar-refractivity contribution in [2.45, 2.75) is 32.0 Å². The van der Waals surface area contributed by atoms with Crippen LogP contribution >= 0.6 is 15.9 Å². The summed E-state index contributed by atoms with van der Waals surface area (Å²) in [6.45, 7) is 5.07. The second-order valence-electron chi connectivity index (χ2n) is 5.65. The molecule has 0 fully saturated rings. The molecule has 1 N–H and O–H groups in total. The van der Waals surface area contributed by atoms with E-state index in [1.165, 1.54) is 11.1 Å². The van der Waals surface area contributed by atoms with Crippen LogP contribution in [0.25, 0.3) is 0 Å². The standard InChI is InChI=1S/C17H18BrNO/c1-17(2)16(13-8-4-6-10-15(13)20-17)19-11-12-7-3-5-9-14(12)18/h3-10,16,19H,11H2,1-2H3. The second-order valence-corrected chi connectivity index (χ2v) is 6.50. The molecule has 2 aromatic carbocycles. The van der Waals surface area contributed by atoms with Crippen LogP contribution in [-0.2, 0) is 6.54 Å². The summed E-state index contributed by atoms with van der Waals surface area (Å²) < 4.78 is 7.19. The normalized spacial score (nSPS) is 19.4. The molecule has 0 aromatic heterocycles. The zero-order chi connectivity index (χ0) is 14.2. The molecule has 1 aliphatic heterocycles. The summed E-state index contributed by atoms with van der Waals surface area (Å²) >= 11 is 3.59. The van der Waals surface area contributed by atoms with E-state index in [2.05, 4.69) is 65.4 Å². The predicted octanol–water partition coefficient (Wildman–Crippen LogP) is 4.45. The van der Waals surface area contributed by atoms with E-state index < -0.39 is 0 Å². The number of nitrogens with one attached hydrogen (secondary N) is 1. The van der Waals surface area contributed by atoms with Gasteiger partial charge in [-0.1, -0.05) is 52.3 Å². The number of para-hydroxylation sites is 1. The van der Waals surface area contributed by atoms with Gasteiger partial charge < -0.3 is 10.1 Å². The molecule has 3 heteroatoms. The summed E-state index contributed by atoms with van der Waals surface area (Å²) in [5, 5.41) is 3.63. The summed E-state index contributed by atoms with van der Waals surface area (Å²) in [5.41, 5.74) is 2.27. The van der Waals surface area contributed by atoms with Crippen LogP contribution in [0.3, 0.4) is 0 Å². The lowest BCUT2D eigenvalue weighted by Crippen LogP contribution is -2.38. The number of hydrogen-bond donors (Lipinski definition) is 1. The Kier molecular flexibility index (Phi) is 3.57. The van der Waals surface area contributed by atoms with Gasteiger partial charge in [0.2, 0.25) is 0 Å². The van der Waals surface area contributed by atoms with Crippen LogP contribution in [0.5, 0.6) is 5.75 Å². The first-order valence-electron chi connectivity index (χ1n) is 6.83. The molecule has 0 saturated heterocycles. The molecule has 1 atom stereocenters. The van der Waals surface area contributed by atoms with Gasteiger partial charge in [0.05, 0.1) is 6.04 Å². The Morgan fingerprint density at radius 3 is 2.60 bits per heavy atom. The number of rotatable bonds is 3. The highest BCUT2D eigenvalue weighted by Gasteiger charge is 2.40. The molecule has 2 nitrogen and oxygen atoms in total. The molecule has 2 aromatic rings. The minimum absolute atomic E-state index is 0.200. The molecule has 1 heterocycles. The maximum Gasteiger partial charge on any atom is 0.125 e. The smallest absolute Gasteiger partial charge is 0.125 e. The number of hydrogen-bond acceptors (Lipinski definition) is 2. The minimum atomic E-state index is -0.231. The van der Waals surface area contributed by atoms with Crippen LogP contribution in [0.4, 0.5) is 0 Å². The monoisotopic (exact) mass is 331 g/mol. The Labute approximate surface area is 128 Å². The average molecular weight is 332 g/mol. The second kappa shape index (κ2) is 5.23. The zero-order valence-electron chi connectivity index (χ0n) is 11.7. The van der Waals surface area contributed by atoms with Crippen LogP contribution in [0.2, 0.25) is 0 Å². The molecule has 0 amide bonds. The summed E-state index contributed by atoms with van der Waals surface area (Å²) in [6, 6.07) is 16.8. The molecule has 0 saturated carbocycles. The molecule has 0 spiro atoms. The Morgan fingerprint density at radius 1 is 1.10 bits per heavy atom. The van der Waals surface area contributed by atoms with Crippen LogP contribution in [0, 0.1) is 0 Å². The maximum absolute atomic E-state index is 6.05. The fourth-order valence-electron chi connectivity index (χ4n) is 2.74. The lowest BCUT2D eigenvalue weighted by Gasteiger charge is -2.27. The van der Waals surface area contributed by atoms with Gasteiger partial charge in [0.15, 0.2) is 0 Å². The molecule has 0 bridgehead atoms. The quantitative estimate of drug-likeness (QED) is 0.897. The molecule has 3 rings (SSSR count). The van der Waals surface area contributed by atoms with Crippen LogP contribution in [0.15, 0.2) is 53.0 Å². The number of ether oxygens (including phenoxy) is 1. The van der Waals surface area contributed by atoms with Gasteiger partial charge in [0.25, 0.3) is 0 Å². The molecule has 0 aliphatic carbocycles. The molecule has 1 aliphatic rings. The number of fused-ring (bicyclic) bond motifs is 1. The molecular weight excluding hydrogens is 314 g/mol. The topological polar surface area (TPSA) is 21.3 Å². The first-order chi connectivity index (χ1) is 9.58. The molecule has 20 heavy (non-hydrogen) atoms. The van der Waals surface area contributed by atoms with Crippen molar-refractivity contribution in [3.63, 3.8) is 0 Å². The van der Waals surface area contributed by atoms with Crippen molar-refractivity contribution in [2.75, 3.05) is 0 Å². The third-order valence-electron chi connectivity index (χ3n) is 3.75. The van der Waals surface area contributed by atoms with Crippen molar-refractivity contribution >= 4 is 15.9 Å². The van der Waals surface area contributed by atoms with Gasteiger partial charge >= 0.3 is 0 Å². The van der Waals surface area contributed by atoms with E-state index in [0.717, 1.165) is 16.8 Å². The molecule has 1 unspecified atom stereocenters. The maximum atomic E-state index is 6.05. The fraction of sp³-hybridized carbons (Fsp3) is 0.294. The van der Waals surface area contributed by atoms with Crippen molar-refractivity contribution in [1.29, 1.82) is 0 Å². The average Bonchev–Trinajstić information content (AvgIpc) is 2.68. The van der Waals surface area contributed by atoms with Gasteiger partial charge in [-0.25, -0.2) is 0 Å². The number of benzene rings is 2. The van der Waals surface area contributed by atoms with Gasteiger partial charge in [0.1, 0.15) is 11.4 Å². The van der Waals surface area contributed by atoms with Gasteiger partial charge in [-0.3, -0.25) is 0 Å². The molecule has 0 radical (unpaired) electrons. The van der Waals surface area contributed by atoms with Crippen molar-refractivity contribution in [1.82, 2.24) is 5.32 Å². The van der Waals surface area contributed by atoms with E-state index >= 15 is 0 Å². The third kappa shape index (κ3) is 2.48. The van der Waals surface area contributed by atoms with Gasteiger partial charge in [-0.2, -0.15) is 0 Å².